The van der Waals surface area contributed by atoms with E-state index in [0.29, 0.717) is 28.6 Å². The summed E-state index contributed by atoms with van der Waals surface area (Å²) >= 11 is 1.49. The van der Waals surface area contributed by atoms with Gasteiger partial charge in [0, 0.05) is 25.9 Å². The first-order chi connectivity index (χ1) is 12.2. The molecule has 3 rings (SSSR count). The average Bonchev–Trinajstić information content (AvgIpc) is 3.01. The van der Waals surface area contributed by atoms with E-state index in [-0.39, 0.29) is 5.56 Å². The van der Waals surface area contributed by atoms with Crippen LogP contribution < -0.4 is 10.5 Å². The molecule has 0 unspecified atom stereocenters. The molecular weight excluding hydrogens is 334 g/mol. The monoisotopic (exact) mass is 357 g/mol. The Morgan fingerprint density at radius 2 is 2.04 bits per heavy atom. The van der Waals surface area contributed by atoms with Gasteiger partial charge in [-0.2, -0.15) is 4.98 Å². The number of nitrogens with zero attached hydrogens (tertiary/aromatic N) is 5. The molecule has 1 saturated heterocycles. The molecule has 25 heavy (non-hydrogen) atoms. The van der Waals surface area contributed by atoms with Gasteiger partial charge < -0.3 is 4.90 Å². The zero-order valence-electron chi connectivity index (χ0n) is 14.8. The third-order valence-electron chi connectivity index (χ3n) is 4.31. The largest absolute Gasteiger partial charge is 0.342 e. The van der Waals surface area contributed by atoms with E-state index < -0.39 is 0 Å². The van der Waals surface area contributed by atoms with E-state index in [1.165, 1.54) is 18.2 Å². The fraction of sp³-hybridized carbons (Fsp3) is 0.500. The summed E-state index contributed by atoms with van der Waals surface area (Å²) in [4.78, 5) is 24.5. The summed E-state index contributed by atoms with van der Waals surface area (Å²) in [6.07, 6.45) is 5.34. The van der Waals surface area contributed by atoms with E-state index in [2.05, 4.69) is 28.3 Å². The van der Waals surface area contributed by atoms with E-state index in [0.717, 1.165) is 31.9 Å². The van der Waals surface area contributed by atoms with Crippen molar-refractivity contribution in [2.45, 2.75) is 37.9 Å². The van der Waals surface area contributed by atoms with Gasteiger partial charge in [0.1, 0.15) is 0 Å². The molecule has 1 aliphatic heterocycles. The SMILES string of the molecule is C=CCSc1nc2nc(N3CCCCC3)n(CC#CC)c2c(=O)n1C. The van der Waals surface area contributed by atoms with E-state index in [1.54, 1.807) is 24.6 Å². The number of imidazole rings is 1. The van der Waals surface area contributed by atoms with Gasteiger partial charge in [-0.3, -0.25) is 13.9 Å². The van der Waals surface area contributed by atoms with Crippen molar-refractivity contribution in [2.24, 2.45) is 7.05 Å². The van der Waals surface area contributed by atoms with Crippen LogP contribution in [0.25, 0.3) is 11.2 Å². The fourth-order valence-electron chi connectivity index (χ4n) is 3.03. The Morgan fingerprint density at radius 3 is 2.72 bits per heavy atom. The van der Waals surface area contributed by atoms with Crippen molar-refractivity contribution in [2.75, 3.05) is 23.7 Å². The molecule has 0 amide bonds. The second kappa shape index (κ2) is 7.79. The van der Waals surface area contributed by atoms with Gasteiger partial charge in [0.25, 0.3) is 5.56 Å². The Morgan fingerprint density at radius 1 is 1.28 bits per heavy atom. The first kappa shape index (κ1) is 17.6. The highest BCUT2D eigenvalue weighted by Gasteiger charge is 2.22. The van der Waals surface area contributed by atoms with Crippen molar-refractivity contribution in [3.05, 3.63) is 23.0 Å². The van der Waals surface area contributed by atoms with Gasteiger partial charge >= 0.3 is 0 Å². The normalized spacial score (nSPS) is 14.4. The lowest BCUT2D eigenvalue weighted by molar-refractivity contribution is 0.561. The van der Waals surface area contributed by atoms with Crippen molar-refractivity contribution >= 4 is 28.9 Å². The molecule has 0 atom stereocenters. The van der Waals surface area contributed by atoms with Gasteiger partial charge in [0.15, 0.2) is 16.3 Å². The van der Waals surface area contributed by atoms with Crippen LogP contribution in [-0.2, 0) is 13.6 Å². The number of aromatic nitrogens is 4. The van der Waals surface area contributed by atoms with Crippen LogP contribution in [0, 0.1) is 11.8 Å². The maximum Gasteiger partial charge on any atom is 0.280 e. The molecule has 2 aromatic rings. The highest BCUT2D eigenvalue weighted by molar-refractivity contribution is 7.99. The third kappa shape index (κ3) is 3.45. The molecule has 1 fully saturated rings. The number of anilines is 1. The lowest BCUT2D eigenvalue weighted by Gasteiger charge is -2.27. The van der Waals surface area contributed by atoms with E-state index in [9.17, 15) is 4.79 Å². The first-order valence-electron chi connectivity index (χ1n) is 8.53. The van der Waals surface area contributed by atoms with Crippen molar-refractivity contribution in [3.63, 3.8) is 0 Å². The highest BCUT2D eigenvalue weighted by atomic mass is 32.2. The molecule has 0 radical (unpaired) electrons. The molecule has 0 aromatic carbocycles. The summed E-state index contributed by atoms with van der Waals surface area (Å²) in [5.74, 6) is 7.50. The maximum absolute atomic E-state index is 12.9. The molecule has 2 aromatic heterocycles. The van der Waals surface area contributed by atoms with Crippen molar-refractivity contribution < 1.29 is 0 Å². The van der Waals surface area contributed by atoms with Gasteiger partial charge in [-0.05, 0) is 26.2 Å². The van der Waals surface area contributed by atoms with E-state index in [4.69, 9.17) is 4.98 Å². The predicted molar refractivity (Wildman–Crippen MR) is 103 cm³/mol. The molecule has 132 valence electrons. The van der Waals surface area contributed by atoms with E-state index in [1.807, 2.05) is 4.57 Å². The Bertz CT molecular complexity index is 896. The van der Waals surface area contributed by atoms with Crippen LogP contribution in [0.1, 0.15) is 26.2 Å². The maximum atomic E-state index is 12.9. The van der Waals surface area contributed by atoms with Crippen LogP contribution in [-0.4, -0.2) is 37.9 Å². The molecule has 3 heterocycles. The Hall–Kier alpha value is -2.20. The van der Waals surface area contributed by atoms with Crippen LogP contribution in [0.3, 0.4) is 0 Å². The van der Waals surface area contributed by atoms with Crippen LogP contribution in [0.4, 0.5) is 5.95 Å². The number of piperidine rings is 1. The third-order valence-corrected chi connectivity index (χ3v) is 5.33. The second-order valence-electron chi connectivity index (χ2n) is 6.00. The molecule has 0 bridgehead atoms. The molecular formula is C18H23N5OS. The summed E-state index contributed by atoms with van der Waals surface area (Å²) in [6, 6.07) is 0. The minimum Gasteiger partial charge on any atom is -0.342 e. The Labute approximate surface area is 151 Å². The average molecular weight is 357 g/mol. The van der Waals surface area contributed by atoms with Crippen LogP contribution >= 0.6 is 11.8 Å². The van der Waals surface area contributed by atoms with Gasteiger partial charge in [0.2, 0.25) is 5.95 Å². The molecule has 6 nitrogen and oxygen atoms in total. The minimum absolute atomic E-state index is 0.0785. The standard InChI is InChI=1S/C18H23N5OS/c1-4-6-12-23-14-15(19-17(23)22-10-8-7-9-11-22)20-18(25-13-5-2)21(3)16(14)24/h5H,2,7-13H2,1,3H3. The highest BCUT2D eigenvalue weighted by Crippen LogP contribution is 2.24. The predicted octanol–water partition coefficient (Wildman–Crippen LogP) is 2.42. The summed E-state index contributed by atoms with van der Waals surface area (Å²) in [5.41, 5.74) is 0.965. The lowest BCUT2D eigenvalue weighted by atomic mass is 10.1. The molecule has 0 saturated carbocycles. The molecule has 0 spiro atoms. The number of fused-ring (bicyclic) bond motifs is 1. The van der Waals surface area contributed by atoms with Gasteiger partial charge in [-0.25, -0.2) is 4.98 Å². The molecule has 7 heteroatoms. The summed E-state index contributed by atoms with van der Waals surface area (Å²) in [7, 11) is 1.75. The number of hydrogen-bond acceptors (Lipinski definition) is 5. The van der Waals surface area contributed by atoms with Crippen molar-refractivity contribution in [1.29, 1.82) is 0 Å². The second-order valence-corrected chi connectivity index (χ2v) is 6.99. The van der Waals surface area contributed by atoms with Gasteiger partial charge in [-0.15, -0.1) is 12.5 Å². The summed E-state index contributed by atoms with van der Waals surface area (Å²) in [5, 5.41) is 0.661. The smallest absolute Gasteiger partial charge is 0.280 e. The zero-order valence-corrected chi connectivity index (χ0v) is 15.6. The van der Waals surface area contributed by atoms with Crippen molar-refractivity contribution in [1.82, 2.24) is 19.1 Å². The van der Waals surface area contributed by atoms with Gasteiger partial charge in [-0.1, -0.05) is 23.8 Å². The number of thioether (sulfide) groups is 1. The van der Waals surface area contributed by atoms with Crippen LogP contribution in [0.5, 0.6) is 0 Å². The minimum atomic E-state index is -0.0785. The zero-order chi connectivity index (χ0) is 17.8. The van der Waals surface area contributed by atoms with Gasteiger partial charge in [0.05, 0.1) is 6.54 Å². The molecule has 1 aliphatic rings. The summed E-state index contributed by atoms with van der Waals surface area (Å²) < 4.78 is 3.52. The summed E-state index contributed by atoms with van der Waals surface area (Å²) in [6.45, 7) is 7.90. The quantitative estimate of drug-likeness (QED) is 0.356. The van der Waals surface area contributed by atoms with E-state index >= 15 is 0 Å². The Balaban J connectivity index is 2.17. The number of hydrogen-bond donors (Lipinski definition) is 0. The number of rotatable bonds is 5. The molecule has 0 aliphatic carbocycles. The molecule has 0 N–H and O–H groups in total. The van der Waals surface area contributed by atoms with Crippen LogP contribution in [0.15, 0.2) is 22.6 Å². The first-order valence-corrected chi connectivity index (χ1v) is 9.51. The van der Waals surface area contributed by atoms with Crippen molar-refractivity contribution in [3.8, 4) is 11.8 Å². The Kier molecular flexibility index (Phi) is 5.49. The topological polar surface area (TPSA) is 56.0 Å². The fourth-order valence-corrected chi connectivity index (χ4v) is 3.73. The lowest BCUT2D eigenvalue weighted by Crippen LogP contribution is -2.32. The van der Waals surface area contributed by atoms with Crippen LogP contribution in [0.2, 0.25) is 0 Å².